The first kappa shape index (κ1) is 15.1. The van der Waals surface area contributed by atoms with E-state index < -0.39 is 0 Å². The van der Waals surface area contributed by atoms with Crippen molar-refractivity contribution < 1.29 is 14.6 Å². The predicted molar refractivity (Wildman–Crippen MR) is 74.0 cm³/mol. The molecule has 4 nitrogen and oxygen atoms in total. The molecular weight excluding hydrogens is 242 g/mol. The minimum atomic E-state index is -0.131. The molecule has 2 N–H and O–H groups in total. The summed E-state index contributed by atoms with van der Waals surface area (Å²) >= 11 is 0. The number of hydrogen-bond acceptors (Lipinski definition) is 3. The van der Waals surface area contributed by atoms with Crippen LogP contribution in [0.3, 0.4) is 0 Å². The molecule has 0 fully saturated rings. The van der Waals surface area contributed by atoms with Crippen molar-refractivity contribution in [2.75, 3.05) is 13.2 Å². The quantitative estimate of drug-likeness (QED) is 0.733. The second kappa shape index (κ2) is 8.17. The van der Waals surface area contributed by atoms with E-state index in [1.807, 2.05) is 6.92 Å². The van der Waals surface area contributed by atoms with Crippen molar-refractivity contribution in [1.29, 1.82) is 0 Å². The van der Waals surface area contributed by atoms with Crippen LogP contribution in [-0.4, -0.2) is 30.3 Å². The van der Waals surface area contributed by atoms with E-state index >= 15 is 0 Å². The molecule has 1 aromatic carbocycles. The molecule has 0 saturated heterocycles. The largest absolute Gasteiger partial charge is 0.481 e. The first-order valence-corrected chi connectivity index (χ1v) is 6.25. The molecule has 0 heterocycles. The van der Waals surface area contributed by atoms with Gasteiger partial charge in [0.25, 0.3) is 5.91 Å². The van der Waals surface area contributed by atoms with Gasteiger partial charge in [0.1, 0.15) is 12.4 Å². The van der Waals surface area contributed by atoms with Crippen LogP contribution in [0.4, 0.5) is 0 Å². The van der Waals surface area contributed by atoms with Crippen LogP contribution in [0.2, 0.25) is 0 Å². The lowest BCUT2D eigenvalue weighted by Gasteiger charge is -2.13. The summed E-state index contributed by atoms with van der Waals surface area (Å²) in [5.41, 5.74) is 0.573. The highest BCUT2D eigenvalue weighted by atomic mass is 16.5. The molecule has 0 unspecified atom stereocenters. The molecule has 0 aromatic heterocycles. The van der Waals surface area contributed by atoms with Crippen LogP contribution in [0.15, 0.2) is 24.3 Å². The highest BCUT2D eigenvalue weighted by Gasteiger charge is 2.09. The summed E-state index contributed by atoms with van der Waals surface area (Å²) in [5, 5.41) is 11.6. The molecule has 1 atom stereocenters. The number of ether oxygens (including phenoxy) is 1. The van der Waals surface area contributed by atoms with Crippen molar-refractivity contribution in [2.24, 2.45) is 0 Å². The van der Waals surface area contributed by atoms with Gasteiger partial charge >= 0.3 is 0 Å². The summed E-state index contributed by atoms with van der Waals surface area (Å²) < 4.78 is 5.23. The Morgan fingerprint density at radius 2 is 2.16 bits per heavy atom. The van der Waals surface area contributed by atoms with Crippen molar-refractivity contribution in [3.05, 3.63) is 29.8 Å². The number of terminal acetylenes is 1. The van der Waals surface area contributed by atoms with Gasteiger partial charge in [-0.25, -0.2) is 0 Å². The van der Waals surface area contributed by atoms with E-state index in [0.29, 0.717) is 17.7 Å². The lowest BCUT2D eigenvalue weighted by Crippen LogP contribution is -2.32. The maximum Gasteiger partial charge on any atom is 0.251 e. The van der Waals surface area contributed by atoms with E-state index in [4.69, 9.17) is 16.3 Å². The summed E-state index contributed by atoms with van der Waals surface area (Å²) in [7, 11) is 0. The number of benzene rings is 1. The molecule has 4 heteroatoms. The highest BCUT2D eigenvalue weighted by Crippen LogP contribution is 2.12. The van der Waals surface area contributed by atoms with E-state index in [0.717, 1.165) is 6.42 Å². The molecule has 0 spiro atoms. The minimum Gasteiger partial charge on any atom is -0.481 e. The Balaban J connectivity index is 2.51. The summed E-state index contributed by atoms with van der Waals surface area (Å²) in [5.74, 6) is 2.89. The number of amides is 1. The van der Waals surface area contributed by atoms with Gasteiger partial charge in [-0.1, -0.05) is 5.92 Å². The van der Waals surface area contributed by atoms with E-state index in [9.17, 15) is 4.79 Å². The van der Waals surface area contributed by atoms with Gasteiger partial charge in [0.15, 0.2) is 0 Å². The predicted octanol–water partition coefficient (Wildman–Crippen LogP) is 1.59. The van der Waals surface area contributed by atoms with Crippen LogP contribution in [0.5, 0.6) is 5.75 Å². The Bertz CT molecular complexity index is 434. The molecule has 0 aliphatic heterocycles. The fourth-order valence-corrected chi connectivity index (χ4v) is 1.60. The molecule has 1 aromatic rings. The van der Waals surface area contributed by atoms with E-state index in [1.54, 1.807) is 24.3 Å². The Labute approximate surface area is 113 Å². The van der Waals surface area contributed by atoms with Gasteiger partial charge in [-0.2, -0.15) is 0 Å². The van der Waals surface area contributed by atoms with Gasteiger partial charge < -0.3 is 15.2 Å². The maximum absolute atomic E-state index is 11.9. The summed E-state index contributed by atoms with van der Waals surface area (Å²) in [4.78, 5) is 11.9. The van der Waals surface area contributed by atoms with Gasteiger partial charge in [-0.15, -0.1) is 6.42 Å². The molecule has 0 aliphatic rings. The lowest BCUT2D eigenvalue weighted by molar-refractivity contribution is 0.0936. The first-order valence-electron chi connectivity index (χ1n) is 6.25. The summed E-state index contributed by atoms with van der Waals surface area (Å²) in [6, 6.07) is 6.85. The molecule has 0 aliphatic carbocycles. The Hall–Kier alpha value is -1.99. The van der Waals surface area contributed by atoms with Gasteiger partial charge in [0, 0.05) is 18.2 Å². The van der Waals surface area contributed by atoms with Crippen LogP contribution >= 0.6 is 0 Å². The second-order valence-electron chi connectivity index (χ2n) is 4.26. The standard InChI is InChI=1S/C15H19NO3/c1-3-11-19-14-8-6-13(7-9-14)15(18)16-12(2)5-4-10-17/h1,6-9,12,17H,4-5,10-11H2,2H3,(H,16,18)/t12-/m1/s1. The molecule has 0 bridgehead atoms. The smallest absolute Gasteiger partial charge is 0.251 e. The van der Waals surface area contributed by atoms with Crippen LogP contribution in [0.25, 0.3) is 0 Å². The zero-order valence-electron chi connectivity index (χ0n) is 11.1. The van der Waals surface area contributed by atoms with Gasteiger partial charge in [0.05, 0.1) is 0 Å². The first-order chi connectivity index (χ1) is 9.17. The lowest BCUT2D eigenvalue weighted by atomic mass is 10.1. The molecule has 1 amide bonds. The van der Waals surface area contributed by atoms with Crippen LogP contribution in [0, 0.1) is 12.3 Å². The van der Waals surface area contributed by atoms with Crippen molar-refractivity contribution in [1.82, 2.24) is 5.32 Å². The van der Waals surface area contributed by atoms with Gasteiger partial charge in [-0.3, -0.25) is 4.79 Å². The van der Waals surface area contributed by atoms with E-state index in [2.05, 4.69) is 11.2 Å². The van der Waals surface area contributed by atoms with E-state index in [1.165, 1.54) is 0 Å². The normalized spacial score (nSPS) is 11.4. The Kier molecular flexibility index (Phi) is 6.48. The maximum atomic E-state index is 11.9. The van der Waals surface area contributed by atoms with Crippen molar-refractivity contribution in [2.45, 2.75) is 25.8 Å². The monoisotopic (exact) mass is 261 g/mol. The molecule has 102 valence electrons. The molecular formula is C15H19NO3. The van der Waals surface area contributed by atoms with Crippen LogP contribution < -0.4 is 10.1 Å². The van der Waals surface area contributed by atoms with Crippen LogP contribution in [0.1, 0.15) is 30.1 Å². The Morgan fingerprint density at radius 3 is 2.74 bits per heavy atom. The molecule has 19 heavy (non-hydrogen) atoms. The third-order valence-corrected chi connectivity index (χ3v) is 2.61. The van der Waals surface area contributed by atoms with Gasteiger partial charge in [-0.05, 0) is 44.0 Å². The number of rotatable bonds is 7. The number of hydrogen-bond donors (Lipinski definition) is 2. The van der Waals surface area contributed by atoms with Gasteiger partial charge in [0.2, 0.25) is 0 Å². The van der Waals surface area contributed by atoms with Crippen molar-refractivity contribution in [3.63, 3.8) is 0 Å². The fraction of sp³-hybridized carbons (Fsp3) is 0.400. The second-order valence-corrected chi connectivity index (χ2v) is 4.26. The summed E-state index contributed by atoms with van der Waals surface area (Å²) in [6.07, 6.45) is 6.53. The number of carbonyl (C=O) groups excluding carboxylic acids is 1. The average molecular weight is 261 g/mol. The van der Waals surface area contributed by atoms with Crippen molar-refractivity contribution in [3.8, 4) is 18.1 Å². The summed E-state index contributed by atoms with van der Waals surface area (Å²) in [6.45, 7) is 2.27. The minimum absolute atomic E-state index is 0.0389. The molecule has 1 rings (SSSR count). The number of carbonyl (C=O) groups is 1. The zero-order valence-corrected chi connectivity index (χ0v) is 11.1. The highest BCUT2D eigenvalue weighted by molar-refractivity contribution is 5.94. The van der Waals surface area contributed by atoms with E-state index in [-0.39, 0.29) is 25.2 Å². The zero-order chi connectivity index (χ0) is 14.1. The topological polar surface area (TPSA) is 58.6 Å². The van der Waals surface area contributed by atoms with Crippen molar-refractivity contribution >= 4 is 5.91 Å². The van der Waals surface area contributed by atoms with Crippen LogP contribution in [-0.2, 0) is 0 Å². The third kappa shape index (κ3) is 5.45. The average Bonchev–Trinajstić information content (AvgIpc) is 2.43. The number of nitrogens with one attached hydrogen (secondary N) is 1. The number of aliphatic hydroxyl groups is 1. The Morgan fingerprint density at radius 1 is 1.47 bits per heavy atom. The molecule has 0 radical (unpaired) electrons. The molecule has 0 saturated carbocycles. The third-order valence-electron chi connectivity index (χ3n) is 2.61. The number of aliphatic hydroxyl groups excluding tert-OH is 1. The fourth-order valence-electron chi connectivity index (χ4n) is 1.60. The SMILES string of the molecule is C#CCOc1ccc(C(=O)N[C@H](C)CCCO)cc1.